The number of esters is 1. The molecule has 4 aromatic rings. The molecule has 6 nitrogen and oxygen atoms in total. The highest BCUT2D eigenvalue weighted by Gasteiger charge is 2.20. The van der Waals surface area contributed by atoms with Gasteiger partial charge in [-0.3, -0.25) is 9.20 Å². The molecule has 0 bridgehead atoms. The first kappa shape index (κ1) is 16.8. The molecule has 0 aliphatic rings. The number of hydrogen-bond donors (Lipinski definition) is 0. The number of aryl methyl sites for hydroxylation is 2. The zero-order valence-corrected chi connectivity index (χ0v) is 15.5. The van der Waals surface area contributed by atoms with Crippen molar-refractivity contribution in [2.24, 2.45) is 0 Å². The van der Waals surface area contributed by atoms with E-state index in [0.717, 1.165) is 11.1 Å². The lowest BCUT2D eigenvalue weighted by Gasteiger charge is -2.04. The molecule has 0 amide bonds. The highest BCUT2D eigenvalue weighted by molar-refractivity contribution is 7.15. The van der Waals surface area contributed by atoms with E-state index in [9.17, 15) is 9.59 Å². The molecule has 0 aliphatic heterocycles. The summed E-state index contributed by atoms with van der Waals surface area (Å²) in [6, 6.07) is 6.50. The maximum absolute atomic E-state index is 12.4. The topological polar surface area (TPSA) is 73.8 Å². The Morgan fingerprint density at radius 2 is 2.15 bits per heavy atom. The van der Waals surface area contributed by atoms with Crippen molar-refractivity contribution in [3.05, 3.63) is 67.7 Å². The van der Waals surface area contributed by atoms with Crippen LogP contribution in [0, 0.1) is 13.8 Å². The Morgan fingerprint density at radius 1 is 1.35 bits per heavy atom. The third kappa shape index (κ3) is 2.79. The lowest BCUT2D eigenvalue weighted by Crippen LogP contribution is -2.16. The third-order valence-corrected chi connectivity index (χ3v) is 5.24. The molecule has 0 atom stereocenters. The van der Waals surface area contributed by atoms with Crippen molar-refractivity contribution in [2.75, 3.05) is 0 Å². The van der Waals surface area contributed by atoms with Gasteiger partial charge in [0, 0.05) is 33.1 Å². The minimum absolute atomic E-state index is 0.112. The van der Waals surface area contributed by atoms with Crippen LogP contribution in [0.4, 0.5) is 0 Å². The van der Waals surface area contributed by atoms with Gasteiger partial charge in [-0.1, -0.05) is 11.6 Å². The fraction of sp³-hybridized carbons (Fsp3) is 0.167. The summed E-state index contributed by atoms with van der Waals surface area (Å²) in [5, 5.41) is 3.17. The van der Waals surface area contributed by atoms with Crippen molar-refractivity contribution in [3.8, 4) is 0 Å². The van der Waals surface area contributed by atoms with Crippen LogP contribution in [0.1, 0.15) is 27.5 Å². The largest absolute Gasteiger partial charge is 0.453 e. The maximum atomic E-state index is 12.4. The first-order valence-electron chi connectivity index (χ1n) is 7.76. The molecule has 4 rings (SSSR count). The molecule has 0 aliphatic carbocycles. The van der Waals surface area contributed by atoms with E-state index in [1.807, 2.05) is 12.3 Å². The van der Waals surface area contributed by atoms with Gasteiger partial charge in [-0.15, -0.1) is 11.3 Å². The molecule has 132 valence electrons. The van der Waals surface area contributed by atoms with Gasteiger partial charge in [0.2, 0.25) is 5.76 Å². The second-order valence-electron chi connectivity index (χ2n) is 5.85. The minimum Gasteiger partial charge on any atom is -0.453 e. The smallest absolute Gasteiger partial charge is 0.374 e. The van der Waals surface area contributed by atoms with Gasteiger partial charge in [-0.05, 0) is 32.0 Å². The first-order valence-corrected chi connectivity index (χ1v) is 9.02. The monoisotopic (exact) mass is 388 g/mol. The number of rotatable bonds is 3. The van der Waals surface area contributed by atoms with Crippen molar-refractivity contribution in [3.63, 3.8) is 0 Å². The number of hydrogen-bond acceptors (Lipinski definition) is 6. The molecule has 0 N–H and O–H groups in total. The fourth-order valence-electron chi connectivity index (χ4n) is 2.77. The van der Waals surface area contributed by atoms with E-state index in [-0.39, 0.29) is 17.9 Å². The number of halogens is 1. The van der Waals surface area contributed by atoms with Crippen LogP contribution in [0.2, 0.25) is 5.02 Å². The van der Waals surface area contributed by atoms with Crippen LogP contribution in [-0.4, -0.2) is 15.4 Å². The normalized spacial score (nSPS) is 11.3. The van der Waals surface area contributed by atoms with Gasteiger partial charge in [0.05, 0.1) is 5.69 Å². The molecule has 0 spiro atoms. The molecule has 0 fully saturated rings. The summed E-state index contributed by atoms with van der Waals surface area (Å²) in [5.74, 6) is -0.494. The van der Waals surface area contributed by atoms with Gasteiger partial charge in [-0.25, -0.2) is 9.78 Å². The summed E-state index contributed by atoms with van der Waals surface area (Å²) in [5.41, 5.74) is 2.23. The highest BCUT2D eigenvalue weighted by Crippen LogP contribution is 2.28. The average molecular weight is 389 g/mol. The number of thiazole rings is 1. The maximum Gasteiger partial charge on any atom is 0.374 e. The lowest BCUT2D eigenvalue weighted by atomic mass is 10.1. The number of ether oxygens (including phenoxy) is 1. The van der Waals surface area contributed by atoms with Crippen LogP contribution in [-0.2, 0) is 11.3 Å². The van der Waals surface area contributed by atoms with Crippen molar-refractivity contribution in [2.45, 2.75) is 20.5 Å². The number of fused-ring (bicyclic) bond motifs is 2. The molecule has 0 saturated carbocycles. The number of benzene rings is 1. The Balaban J connectivity index is 1.59. The van der Waals surface area contributed by atoms with Crippen LogP contribution < -0.4 is 5.56 Å². The van der Waals surface area contributed by atoms with E-state index in [2.05, 4.69) is 4.98 Å². The second-order valence-corrected chi connectivity index (χ2v) is 7.13. The van der Waals surface area contributed by atoms with Gasteiger partial charge in [0.1, 0.15) is 12.2 Å². The third-order valence-electron chi connectivity index (χ3n) is 4.06. The Kier molecular flexibility index (Phi) is 4.05. The molecule has 0 radical (unpaired) electrons. The predicted octanol–water partition coefficient (Wildman–Crippen LogP) is 4.13. The first-order chi connectivity index (χ1) is 12.4. The Labute approximate surface area is 156 Å². The molecular formula is C18H13ClN2O4S. The van der Waals surface area contributed by atoms with Gasteiger partial charge in [0.15, 0.2) is 4.96 Å². The summed E-state index contributed by atoms with van der Waals surface area (Å²) in [7, 11) is 0. The summed E-state index contributed by atoms with van der Waals surface area (Å²) < 4.78 is 12.4. The molecule has 3 aromatic heterocycles. The molecule has 8 heteroatoms. The molecule has 0 unspecified atom stereocenters. The molecular weight excluding hydrogens is 376 g/mol. The van der Waals surface area contributed by atoms with E-state index in [1.165, 1.54) is 21.8 Å². The van der Waals surface area contributed by atoms with Gasteiger partial charge >= 0.3 is 5.97 Å². The van der Waals surface area contributed by atoms with E-state index in [4.69, 9.17) is 20.8 Å². The zero-order valence-electron chi connectivity index (χ0n) is 13.9. The van der Waals surface area contributed by atoms with Crippen LogP contribution in [0.15, 0.2) is 38.9 Å². The number of nitrogens with zero attached hydrogens (tertiary/aromatic N) is 2. The van der Waals surface area contributed by atoms with Crippen LogP contribution in [0.25, 0.3) is 15.9 Å². The van der Waals surface area contributed by atoms with Crippen LogP contribution in [0.3, 0.4) is 0 Å². The van der Waals surface area contributed by atoms with E-state index >= 15 is 0 Å². The molecule has 0 saturated heterocycles. The van der Waals surface area contributed by atoms with Crippen molar-refractivity contribution >= 4 is 44.8 Å². The second kappa shape index (κ2) is 6.26. The Hall–Kier alpha value is -2.64. The summed E-state index contributed by atoms with van der Waals surface area (Å²) in [4.78, 5) is 29.5. The molecule has 1 aromatic carbocycles. The van der Waals surface area contributed by atoms with E-state index < -0.39 is 5.97 Å². The lowest BCUT2D eigenvalue weighted by molar-refractivity contribution is 0.0432. The quantitative estimate of drug-likeness (QED) is 0.493. The molecule has 26 heavy (non-hydrogen) atoms. The summed E-state index contributed by atoms with van der Waals surface area (Å²) in [6.07, 6.45) is 0. The number of carbonyl (C=O) groups is 1. The van der Waals surface area contributed by atoms with E-state index in [0.29, 0.717) is 26.8 Å². The number of carbonyl (C=O) groups excluding carboxylic acids is 1. The van der Waals surface area contributed by atoms with Crippen LogP contribution >= 0.6 is 22.9 Å². The Morgan fingerprint density at radius 3 is 2.96 bits per heavy atom. The van der Waals surface area contributed by atoms with Crippen molar-refractivity contribution < 1.29 is 13.9 Å². The summed E-state index contributed by atoms with van der Waals surface area (Å²) in [6.45, 7) is 3.49. The predicted molar refractivity (Wildman–Crippen MR) is 99.2 cm³/mol. The minimum atomic E-state index is -0.612. The zero-order chi connectivity index (χ0) is 18.4. The SMILES string of the molecule is Cc1c(C(=O)OCc2cc(=O)n3c(C)csc3n2)oc2ccc(Cl)cc12. The standard InChI is InChI=1S/C18H13ClN2O4S/c1-9-8-26-18-20-12(6-15(22)21(9)18)7-24-17(23)16-10(2)13-5-11(19)3-4-14(13)25-16/h3-6,8H,7H2,1-2H3. The van der Waals surface area contributed by atoms with Gasteiger partial charge < -0.3 is 9.15 Å². The highest BCUT2D eigenvalue weighted by atomic mass is 35.5. The van der Waals surface area contributed by atoms with Gasteiger partial charge in [0.25, 0.3) is 5.56 Å². The number of aromatic nitrogens is 2. The van der Waals surface area contributed by atoms with Crippen molar-refractivity contribution in [1.82, 2.24) is 9.38 Å². The van der Waals surface area contributed by atoms with E-state index in [1.54, 1.807) is 25.1 Å². The van der Waals surface area contributed by atoms with Crippen LogP contribution in [0.5, 0.6) is 0 Å². The van der Waals surface area contributed by atoms with Gasteiger partial charge in [-0.2, -0.15) is 0 Å². The average Bonchev–Trinajstić information content (AvgIpc) is 3.14. The summed E-state index contributed by atoms with van der Waals surface area (Å²) >= 11 is 7.35. The van der Waals surface area contributed by atoms with Crippen molar-refractivity contribution in [1.29, 1.82) is 0 Å². The molecule has 3 heterocycles. The Bertz CT molecular complexity index is 1220. The fourth-order valence-corrected chi connectivity index (χ4v) is 3.83. The number of furan rings is 1.